The summed E-state index contributed by atoms with van der Waals surface area (Å²) in [4.78, 5) is 10.9. The number of hydrogen-bond acceptors (Lipinski definition) is 3. The minimum atomic E-state index is -1.10. The smallest absolute Gasteiger partial charge is 0.372 e. The lowest BCUT2D eigenvalue weighted by Gasteiger charge is -2.12. The molecule has 1 N–H and O–H groups in total. The van der Waals surface area contributed by atoms with E-state index >= 15 is 0 Å². The number of aromatic carboxylic acids is 1. The molecular formula is C14H13ClO4. The van der Waals surface area contributed by atoms with Crippen molar-refractivity contribution in [3.05, 3.63) is 51.9 Å². The number of carbonyl (C=O) groups is 1. The predicted molar refractivity (Wildman–Crippen MR) is 70.9 cm³/mol. The molecule has 0 amide bonds. The first-order valence-electron chi connectivity index (χ1n) is 5.68. The molecule has 0 spiro atoms. The number of furan rings is 1. The van der Waals surface area contributed by atoms with Gasteiger partial charge in [-0.1, -0.05) is 11.6 Å². The van der Waals surface area contributed by atoms with Crippen molar-refractivity contribution in [2.24, 2.45) is 0 Å². The van der Waals surface area contributed by atoms with Gasteiger partial charge in [0.15, 0.2) is 0 Å². The van der Waals surface area contributed by atoms with Gasteiger partial charge in [0.1, 0.15) is 12.4 Å². The molecule has 0 fully saturated rings. The molecule has 0 aliphatic rings. The quantitative estimate of drug-likeness (QED) is 0.925. The zero-order chi connectivity index (χ0) is 14.0. The van der Waals surface area contributed by atoms with E-state index in [9.17, 15) is 4.79 Å². The highest BCUT2D eigenvalue weighted by Gasteiger charge is 2.15. The number of rotatable bonds is 4. The Hall–Kier alpha value is -1.94. The summed E-state index contributed by atoms with van der Waals surface area (Å²) in [5, 5.41) is 9.58. The molecule has 0 aliphatic heterocycles. The van der Waals surface area contributed by atoms with Crippen LogP contribution in [0, 0.1) is 13.8 Å². The summed E-state index contributed by atoms with van der Waals surface area (Å²) in [5.41, 5.74) is 2.32. The molecule has 5 heteroatoms. The Morgan fingerprint density at radius 2 is 2.00 bits per heavy atom. The lowest BCUT2D eigenvalue weighted by molar-refractivity contribution is 0.0658. The van der Waals surface area contributed by atoms with Gasteiger partial charge in [0.2, 0.25) is 5.76 Å². The molecule has 0 saturated carbocycles. The number of halogens is 1. The van der Waals surface area contributed by atoms with Crippen molar-refractivity contribution in [3.63, 3.8) is 0 Å². The zero-order valence-electron chi connectivity index (χ0n) is 10.6. The SMILES string of the molecule is Cc1cc(Cl)cc(C)c1OCc1ccoc1C(=O)O. The molecule has 0 atom stereocenters. The molecule has 0 radical (unpaired) electrons. The summed E-state index contributed by atoms with van der Waals surface area (Å²) in [7, 11) is 0. The number of carboxylic acid groups (broad SMARTS) is 1. The Labute approximate surface area is 115 Å². The van der Waals surface area contributed by atoms with E-state index in [4.69, 9.17) is 25.9 Å². The zero-order valence-corrected chi connectivity index (χ0v) is 11.3. The molecule has 0 saturated heterocycles. The van der Waals surface area contributed by atoms with Crippen LogP contribution in [0.5, 0.6) is 5.75 Å². The normalized spacial score (nSPS) is 10.5. The summed E-state index contributed by atoms with van der Waals surface area (Å²) in [6.45, 7) is 3.92. The largest absolute Gasteiger partial charge is 0.488 e. The number of ether oxygens (including phenoxy) is 1. The first-order valence-corrected chi connectivity index (χ1v) is 6.06. The van der Waals surface area contributed by atoms with Gasteiger partial charge in [-0.3, -0.25) is 0 Å². The van der Waals surface area contributed by atoms with Crippen molar-refractivity contribution in [2.75, 3.05) is 0 Å². The minimum Gasteiger partial charge on any atom is -0.488 e. The van der Waals surface area contributed by atoms with Gasteiger partial charge >= 0.3 is 5.97 Å². The van der Waals surface area contributed by atoms with Gasteiger partial charge in [-0.2, -0.15) is 0 Å². The fourth-order valence-electron chi connectivity index (χ4n) is 1.91. The summed E-state index contributed by atoms with van der Waals surface area (Å²) >= 11 is 5.94. The van der Waals surface area contributed by atoms with Crippen molar-refractivity contribution in [2.45, 2.75) is 20.5 Å². The monoisotopic (exact) mass is 280 g/mol. The van der Waals surface area contributed by atoms with Crippen LogP contribution in [-0.2, 0) is 6.61 Å². The highest BCUT2D eigenvalue weighted by Crippen LogP contribution is 2.28. The van der Waals surface area contributed by atoms with Gasteiger partial charge in [0.05, 0.1) is 6.26 Å². The standard InChI is InChI=1S/C14H13ClO4/c1-8-5-11(15)6-9(2)12(8)19-7-10-3-4-18-13(10)14(16)17/h3-6H,7H2,1-2H3,(H,16,17). The molecule has 1 heterocycles. The highest BCUT2D eigenvalue weighted by molar-refractivity contribution is 6.30. The van der Waals surface area contributed by atoms with E-state index in [2.05, 4.69) is 0 Å². The molecule has 2 aromatic rings. The summed E-state index contributed by atoms with van der Waals surface area (Å²) < 4.78 is 10.6. The minimum absolute atomic E-state index is 0.0933. The number of aryl methyl sites for hydroxylation is 2. The second-order valence-corrected chi connectivity index (χ2v) is 4.67. The van der Waals surface area contributed by atoms with Crippen LogP contribution in [-0.4, -0.2) is 11.1 Å². The van der Waals surface area contributed by atoms with Crippen LogP contribution >= 0.6 is 11.6 Å². The van der Waals surface area contributed by atoms with E-state index in [1.165, 1.54) is 6.26 Å². The second-order valence-electron chi connectivity index (χ2n) is 4.24. The maximum Gasteiger partial charge on any atom is 0.372 e. The van der Waals surface area contributed by atoms with E-state index in [1.54, 1.807) is 18.2 Å². The maximum absolute atomic E-state index is 10.9. The van der Waals surface area contributed by atoms with Crippen molar-refractivity contribution in [3.8, 4) is 5.75 Å². The van der Waals surface area contributed by atoms with Gasteiger partial charge in [-0.05, 0) is 43.2 Å². The fourth-order valence-corrected chi connectivity index (χ4v) is 2.24. The lowest BCUT2D eigenvalue weighted by atomic mass is 10.1. The molecule has 1 aromatic heterocycles. The third-order valence-corrected chi connectivity index (χ3v) is 2.96. The van der Waals surface area contributed by atoms with Crippen LogP contribution in [0.25, 0.3) is 0 Å². The molecule has 4 nitrogen and oxygen atoms in total. The molecule has 0 bridgehead atoms. The summed E-state index contributed by atoms with van der Waals surface area (Å²) in [6.07, 6.45) is 1.34. The Morgan fingerprint density at radius 3 is 2.58 bits per heavy atom. The van der Waals surface area contributed by atoms with Gasteiger partial charge < -0.3 is 14.3 Å². The Morgan fingerprint density at radius 1 is 1.37 bits per heavy atom. The first kappa shape index (κ1) is 13.5. The topological polar surface area (TPSA) is 59.7 Å². The number of hydrogen-bond donors (Lipinski definition) is 1. The third-order valence-electron chi connectivity index (χ3n) is 2.74. The van der Waals surface area contributed by atoms with Crippen LogP contribution in [0.2, 0.25) is 5.02 Å². The fraction of sp³-hybridized carbons (Fsp3) is 0.214. The van der Waals surface area contributed by atoms with Gasteiger partial charge in [0.25, 0.3) is 0 Å². The summed E-state index contributed by atoms with van der Waals surface area (Å²) in [5.74, 6) is -0.487. The highest BCUT2D eigenvalue weighted by atomic mass is 35.5. The van der Waals surface area contributed by atoms with E-state index in [-0.39, 0.29) is 12.4 Å². The Kier molecular flexibility index (Phi) is 3.81. The maximum atomic E-state index is 10.9. The molecule has 0 aliphatic carbocycles. The molecule has 1 aromatic carbocycles. The molecule has 19 heavy (non-hydrogen) atoms. The average Bonchev–Trinajstić information content (AvgIpc) is 2.75. The third kappa shape index (κ3) is 2.90. The second kappa shape index (κ2) is 5.36. The van der Waals surface area contributed by atoms with E-state index < -0.39 is 5.97 Å². The van der Waals surface area contributed by atoms with Gasteiger partial charge in [0, 0.05) is 10.6 Å². The van der Waals surface area contributed by atoms with E-state index in [0.717, 1.165) is 11.1 Å². The predicted octanol–water partition coefficient (Wildman–Crippen LogP) is 3.83. The van der Waals surface area contributed by atoms with Crippen LogP contribution in [0.1, 0.15) is 27.2 Å². The lowest BCUT2D eigenvalue weighted by Crippen LogP contribution is -2.04. The number of benzene rings is 1. The molecule has 100 valence electrons. The first-order chi connectivity index (χ1) is 8.99. The van der Waals surface area contributed by atoms with E-state index in [0.29, 0.717) is 16.3 Å². The van der Waals surface area contributed by atoms with Crippen LogP contribution in [0.3, 0.4) is 0 Å². The Balaban J connectivity index is 2.19. The summed E-state index contributed by atoms with van der Waals surface area (Å²) in [6, 6.07) is 5.19. The van der Waals surface area contributed by atoms with Crippen molar-refractivity contribution in [1.82, 2.24) is 0 Å². The average molecular weight is 281 g/mol. The van der Waals surface area contributed by atoms with Gasteiger partial charge in [-0.25, -0.2) is 4.79 Å². The van der Waals surface area contributed by atoms with Crippen molar-refractivity contribution >= 4 is 17.6 Å². The van der Waals surface area contributed by atoms with Crippen molar-refractivity contribution < 1.29 is 19.1 Å². The van der Waals surface area contributed by atoms with Crippen LogP contribution in [0.15, 0.2) is 28.9 Å². The molecule has 2 rings (SSSR count). The Bertz CT molecular complexity index is 593. The van der Waals surface area contributed by atoms with Crippen molar-refractivity contribution in [1.29, 1.82) is 0 Å². The molecular weight excluding hydrogens is 268 g/mol. The van der Waals surface area contributed by atoms with E-state index in [1.807, 2.05) is 13.8 Å². The number of carboxylic acids is 1. The van der Waals surface area contributed by atoms with Gasteiger partial charge in [-0.15, -0.1) is 0 Å². The van der Waals surface area contributed by atoms with Crippen LogP contribution in [0.4, 0.5) is 0 Å². The van der Waals surface area contributed by atoms with Crippen LogP contribution < -0.4 is 4.74 Å². The molecule has 0 unspecified atom stereocenters.